The molecule has 0 aromatic carbocycles. The molecule has 7 unspecified atom stereocenters. The Hall–Kier alpha value is -7.46. The molecule has 0 radical (unpaired) electrons. The van der Waals surface area contributed by atoms with E-state index in [2.05, 4.69) is 42.5 Å². The Morgan fingerprint density at radius 3 is 1.42 bits per heavy atom. The van der Waals surface area contributed by atoms with Crippen LogP contribution in [0.4, 0.5) is 0 Å². The summed E-state index contributed by atoms with van der Waals surface area (Å²) in [7, 11) is 8.40. The summed E-state index contributed by atoms with van der Waals surface area (Å²) >= 11 is 0. The molecule has 1 aliphatic heterocycles. The summed E-state index contributed by atoms with van der Waals surface area (Å²) in [4.78, 5) is 205. The van der Waals surface area contributed by atoms with E-state index in [4.69, 9.17) is 9.47 Å². The maximum atomic E-state index is 14.8. The van der Waals surface area contributed by atoms with Gasteiger partial charge in [0.1, 0.15) is 73.1 Å². The van der Waals surface area contributed by atoms with Crippen molar-refractivity contribution in [2.45, 2.75) is 249 Å². The van der Waals surface area contributed by atoms with Gasteiger partial charge in [0.15, 0.2) is 0 Å². The molecule has 1 saturated heterocycles. The second kappa shape index (κ2) is 43.3. The van der Waals surface area contributed by atoms with Crippen LogP contribution in [-0.4, -0.2) is 242 Å². The maximum absolute atomic E-state index is 14.8. The third-order valence-corrected chi connectivity index (χ3v) is 18.5. The predicted molar refractivity (Wildman–Crippen MR) is 375 cm³/mol. The lowest BCUT2D eigenvalue weighted by molar-refractivity contribution is -0.163. The first-order valence-corrected chi connectivity index (χ1v) is 35.4. The fourth-order valence-electron chi connectivity index (χ4n) is 11.8. The average Bonchev–Trinajstić information content (AvgIpc) is 0.832. The van der Waals surface area contributed by atoms with Crippen LogP contribution in [0.5, 0.6) is 0 Å². The van der Waals surface area contributed by atoms with Gasteiger partial charge in [0.25, 0.3) is 0 Å². The summed E-state index contributed by atoms with van der Waals surface area (Å²) in [6.45, 7) is 30.3. The smallest absolute Gasteiger partial charge is 0.329 e. The van der Waals surface area contributed by atoms with Crippen LogP contribution in [0, 0.1) is 47.3 Å². The third kappa shape index (κ3) is 27.9. The van der Waals surface area contributed by atoms with Gasteiger partial charge in [-0.3, -0.25) is 62.3 Å². The lowest BCUT2D eigenvalue weighted by Crippen LogP contribution is -2.61. The number of likely N-dealkylation sites (N-methyl/N-ethyl adjacent to an activating group) is 5. The minimum atomic E-state index is -1.73. The van der Waals surface area contributed by atoms with Crippen molar-refractivity contribution < 1.29 is 76.6 Å². The minimum absolute atomic E-state index is 0.0609. The normalized spacial score (nSPS) is 24.8. The van der Waals surface area contributed by atoms with Gasteiger partial charge in [-0.05, 0) is 80.5 Å². The Morgan fingerprint density at radius 1 is 0.556 bits per heavy atom. The molecule has 1 rings (SSSR count). The van der Waals surface area contributed by atoms with Crippen LogP contribution in [0.25, 0.3) is 0 Å². The number of hydrogen-bond donors (Lipinski definition) is 8. The fourth-order valence-corrected chi connectivity index (χ4v) is 11.8. The predicted octanol–water partition coefficient (Wildman–Crippen LogP) is 2.26. The van der Waals surface area contributed by atoms with Crippen molar-refractivity contribution in [3.8, 4) is 0 Å². The zero-order valence-corrected chi connectivity index (χ0v) is 63.9. The molecule has 0 aromatic rings. The maximum Gasteiger partial charge on any atom is 0.329 e. The van der Waals surface area contributed by atoms with E-state index >= 15 is 0 Å². The Morgan fingerprint density at radius 2 is 0.990 bits per heavy atom. The van der Waals surface area contributed by atoms with Gasteiger partial charge in [0.05, 0.1) is 0 Å². The molecule has 29 heteroatoms. The van der Waals surface area contributed by atoms with Crippen LogP contribution in [0.1, 0.15) is 182 Å². The van der Waals surface area contributed by atoms with Crippen molar-refractivity contribution in [2.24, 2.45) is 47.3 Å². The second-order valence-corrected chi connectivity index (χ2v) is 28.8. The zero-order chi connectivity index (χ0) is 76.2. The topological polar surface area (TPSA) is 370 Å². The number of esters is 1. The number of nitrogens with one attached hydrogen (secondary N) is 8. The molecule has 0 aliphatic carbocycles. The van der Waals surface area contributed by atoms with E-state index in [1.807, 2.05) is 55.4 Å². The first kappa shape index (κ1) is 89.6. The molecule has 0 saturated carbocycles. The molecule has 0 bridgehead atoms. The number of carbonyl (C=O) groups is 14. The lowest BCUT2D eigenvalue weighted by atomic mass is 9.94. The van der Waals surface area contributed by atoms with Gasteiger partial charge in [-0.1, -0.05) is 130 Å². The number of methoxy groups -OCH3 is 1. The second-order valence-electron chi connectivity index (χ2n) is 28.8. The van der Waals surface area contributed by atoms with E-state index in [0.29, 0.717) is 19.3 Å². The van der Waals surface area contributed by atoms with Crippen molar-refractivity contribution in [3.05, 3.63) is 0 Å². The summed E-state index contributed by atoms with van der Waals surface area (Å²) < 4.78 is 11.1. The molecule has 99 heavy (non-hydrogen) atoms. The molecule has 29 nitrogen and oxygen atoms in total. The van der Waals surface area contributed by atoms with E-state index in [9.17, 15) is 67.1 Å². The van der Waals surface area contributed by atoms with Crippen LogP contribution in [0.2, 0.25) is 0 Å². The van der Waals surface area contributed by atoms with E-state index in [1.54, 1.807) is 55.4 Å². The highest BCUT2D eigenvalue weighted by Gasteiger charge is 2.43. The molecule has 1 aliphatic rings. The first-order chi connectivity index (χ1) is 46.1. The Kier molecular flexibility index (Phi) is 39.1. The van der Waals surface area contributed by atoms with Crippen molar-refractivity contribution in [1.82, 2.24) is 67.0 Å². The number of nitrogens with zero attached hydrogens (tertiary/aromatic N) is 5. The van der Waals surface area contributed by atoms with E-state index in [0.717, 1.165) is 4.90 Å². The highest BCUT2D eigenvalue weighted by molar-refractivity contribution is 5.97. The van der Waals surface area contributed by atoms with Gasteiger partial charge < -0.3 is 76.5 Å². The number of hydrogen-bond acceptors (Lipinski definition) is 16. The van der Waals surface area contributed by atoms with Crippen molar-refractivity contribution >= 4 is 82.8 Å². The van der Waals surface area contributed by atoms with Gasteiger partial charge in [-0.25, -0.2) is 4.79 Å². The van der Waals surface area contributed by atoms with Crippen molar-refractivity contribution in [2.75, 3.05) is 68.6 Å². The Balaban J connectivity index is 4.18. The van der Waals surface area contributed by atoms with Gasteiger partial charge in [-0.2, -0.15) is 0 Å². The quantitative estimate of drug-likeness (QED) is 0.0764. The van der Waals surface area contributed by atoms with E-state index in [1.165, 1.54) is 75.8 Å². The summed E-state index contributed by atoms with van der Waals surface area (Å²) in [5, 5.41) is 21.9. The van der Waals surface area contributed by atoms with Crippen molar-refractivity contribution in [3.63, 3.8) is 0 Å². The molecule has 8 N–H and O–H groups in total. The Labute approximate surface area is 589 Å². The number of rotatable bonds is 21. The molecule has 0 spiro atoms. The van der Waals surface area contributed by atoms with Crippen LogP contribution in [-0.2, 0) is 76.6 Å². The number of ether oxygens (including phenoxy) is 2. The molecular weight excluding hydrogens is 1280 g/mol. The molecule has 0 aromatic heterocycles. The zero-order valence-electron chi connectivity index (χ0n) is 63.9. The number of carbonyl (C=O) groups excluding carboxylic acids is 14. The SMILES string of the molecule is CC[C@H](C)C1NC(=O)CCNC(=O)C([C@@H](C)CC)N(C)C(=O)[C@@H](CC(C)C)NC(=O)CCNC(=O)C(NC(=O)C(CC(C)C)N(C)C(=O)[C@@H](NC(=O)COC)C(C)C)[C@@H](C)OC(=O)C([C@@H](C)CC)N(C)C(=O)[C@@H](CC(C)C)NC(=O)CCNC(=O)C(C)N(C)C(=O)C(C(C)C)N(C)C1=O. The van der Waals surface area contributed by atoms with Crippen molar-refractivity contribution in [1.29, 1.82) is 0 Å². The minimum Gasteiger partial charge on any atom is -0.458 e. The van der Waals surface area contributed by atoms with E-state index in [-0.39, 0.29) is 76.1 Å². The fraction of sp³-hybridized carbons (Fsp3) is 0.800. The molecular formula is C70H125N13O16. The molecule has 1 heterocycles. The Bertz CT molecular complexity index is 2730. The van der Waals surface area contributed by atoms with E-state index < -0.39 is 185 Å². The summed E-state index contributed by atoms with van der Waals surface area (Å²) in [6.07, 6.45) is -0.987. The molecule has 1 fully saturated rings. The standard InChI is InChI=1S/C70H125N13O16/c1-25-43(14)56-68(95)81(21)58(42(12)13)69(96)79(19)46(17)61(88)71-31-28-51(84)75-49(35-39(6)7)66(93)83(23)60(45(16)27-3)70(97)99-47(18)57(78-62(89)50(36-40(8)9)80(20)67(94)55(41(10)11)77-54(87)37-98-24)63(90)72-32-29-52(85)74-48(34-38(4)5)65(92)82(22)59(44(15)26-2)64(91)73-33-30-53(86)76-56/h38-50,55-60H,25-37H2,1-24H3,(H,71,88)(H,72,90)(H,73,91)(H,74,85)(H,75,84)(H,76,86)(H,77,87)(H,78,89)/t43-,44-,45-,46?,47+,48+,49+,50?,55-,56?,57?,58?,59?,60?/m0/s1. The summed E-state index contributed by atoms with van der Waals surface area (Å²) in [5.41, 5.74) is 0. The number of cyclic esters (lactones) is 1. The first-order valence-electron chi connectivity index (χ1n) is 35.4. The van der Waals surface area contributed by atoms with Crippen LogP contribution < -0.4 is 42.5 Å². The van der Waals surface area contributed by atoms with Gasteiger partial charge in [0.2, 0.25) is 76.8 Å². The largest absolute Gasteiger partial charge is 0.458 e. The molecule has 13 amide bonds. The van der Waals surface area contributed by atoms with Crippen LogP contribution >= 0.6 is 0 Å². The van der Waals surface area contributed by atoms with Crippen LogP contribution in [0.3, 0.4) is 0 Å². The highest BCUT2D eigenvalue weighted by Crippen LogP contribution is 2.24. The monoisotopic (exact) mass is 1400 g/mol. The summed E-state index contributed by atoms with van der Waals surface area (Å²) in [6, 6.07) is -12.2. The third-order valence-electron chi connectivity index (χ3n) is 18.5. The average molecular weight is 1400 g/mol. The summed E-state index contributed by atoms with van der Waals surface area (Å²) in [5.74, 6) is -12.4. The van der Waals surface area contributed by atoms with Gasteiger partial charge >= 0.3 is 5.97 Å². The molecule has 14 atom stereocenters. The highest BCUT2D eigenvalue weighted by atomic mass is 16.5. The molecule has 566 valence electrons. The lowest BCUT2D eigenvalue weighted by Gasteiger charge is -2.37. The number of amides is 13. The van der Waals surface area contributed by atoms with Gasteiger partial charge in [0, 0.05) is 81.2 Å². The van der Waals surface area contributed by atoms with Gasteiger partial charge in [-0.15, -0.1) is 0 Å². The van der Waals surface area contributed by atoms with Crippen LogP contribution in [0.15, 0.2) is 0 Å².